The maximum absolute atomic E-state index is 13.3. The van der Waals surface area contributed by atoms with Crippen molar-refractivity contribution in [2.45, 2.75) is 5.37 Å². The van der Waals surface area contributed by atoms with Crippen LogP contribution in [0.25, 0.3) is 0 Å². The average molecular weight is 275 g/mol. The molecule has 1 aromatic carbocycles. The summed E-state index contributed by atoms with van der Waals surface area (Å²) in [5.74, 6) is 0.0841. The van der Waals surface area contributed by atoms with Crippen molar-refractivity contribution in [1.29, 1.82) is 0 Å². The number of hydrogen-bond acceptors (Lipinski definition) is 2. The molecule has 1 fully saturated rings. The maximum Gasteiger partial charge on any atom is 0.238 e. The normalized spacial score (nSPS) is 18.9. The summed E-state index contributed by atoms with van der Waals surface area (Å²) in [7, 11) is 0. The summed E-state index contributed by atoms with van der Waals surface area (Å²) >= 11 is 1.55. The van der Waals surface area contributed by atoms with Crippen molar-refractivity contribution in [2.75, 3.05) is 10.7 Å². The van der Waals surface area contributed by atoms with Gasteiger partial charge in [0.25, 0.3) is 0 Å². The van der Waals surface area contributed by atoms with Crippen molar-refractivity contribution in [1.82, 2.24) is 0 Å². The van der Waals surface area contributed by atoms with Crippen LogP contribution in [0.15, 0.2) is 48.8 Å². The van der Waals surface area contributed by atoms with Crippen molar-refractivity contribution >= 4 is 23.4 Å². The Labute approximate surface area is 114 Å². The van der Waals surface area contributed by atoms with Crippen molar-refractivity contribution in [3.63, 3.8) is 0 Å². The van der Waals surface area contributed by atoms with E-state index in [0.717, 1.165) is 5.56 Å². The number of benzene rings is 1. The van der Waals surface area contributed by atoms with E-state index in [0.29, 0.717) is 11.4 Å². The number of hydrogen-bond donors (Lipinski definition) is 0. The van der Waals surface area contributed by atoms with E-state index < -0.39 is 0 Å². The summed E-state index contributed by atoms with van der Waals surface area (Å²) in [6, 6.07) is 10.00. The topological polar surface area (TPSA) is 34.5 Å². The van der Waals surface area contributed by atoms with E-state index in [1.807, 2.05) is 24.5 Å². The number of rotatable bonds is 2. The highest BCUT2D eigenvalue weighted by molar-refractivity contribution is 8.00. The molecule has 19 heavy (non-hydrogen) atoms. The summed E-state index contributed by atoms with van der Waals surface area (Å²) in [5.41, 5.74) is 1.60. The van der Waals surface area contributed by atoms with Crippen molar-refractivity contribution < 1.29 is 14.2 Å². The molecule has 2 heterocycles. The molecule has 1 atom stereocenters. The molecule has 0 radical (unpaired) electrons. The monoisotopic (exact) mass is 275 g/mol. The number of H-pyrrole nitrogens is 1. The number of amides is 1. The van der Waals surface area contributed by atoms with Gasteiger partial charge >= 0.3 is 0 Å². The number of aromatic amines is 1. The zero-order chi connectivity index (χ0) is 13.2. The smallest absolute Gasteiger partial charge is 0.238 e. The third-order valence-electron chi connectivity index (χ3n) is 2.97. The molecule has 1 amide bonds. The molecule has 1 saturated heterocycles. The van der Waals surface area contributed by atoms with Gasteiger partial charge in [-0.1, -0.05) is 6.07 Å². The van der Waals surface area contributed by atoms with Gasteiger partial charge in [0.05, 0.1) is 5.75 Å². The Morgan fingerprint density at radius 3 is 2.95 bits per heavy atom. The Balaban J connectivity index is 2.00. The second kappa shape index (κ2) is 5.01. The highest BCUT2D eigenvalue weighted by atomic mass is 32.2. The maximum atomic E-state index is 13.3. The number of halogens is 1. The zero-order valence-electron chi connectivity index (χ0n) is 10.0. The van der Waals surface area contributed by atoms with Crippen LogP contribution in [0.3, 0.4) is 0 Å². The van der Waals surface area contributed by atoms with E-state index in [2.05, 4.69) is 4.98 Å². The molecule has 1 aliphatic rings. The van der Waals surface area contributed by atoms with E-state index in [1.54, 1.807) is 28.8 Å². The van der Waals surface area contributed by atoms with Gasteiger partial charge < -0.3 is 0 Å². The number of pyridine rings is 1. The van der Waals surface area contributed by atoms with Crippen LogP contribution in [0, 0.1) is 5.82 Å². The molecule has 1 N–H and O–H groups in total. The third kappa shape index (κ3) is 2.33. The highest BCUT2D eigenvalue weighted by Gasteiger charge is 2.34. The molecule has 96 valence electrons. The summed E-state index contributed by atoms with van der Waals surface area (Å²) < 4.78 is 13.3. The van der Waals surface area contributed by atoms with E-state index in [1.165, 1.54) is 12.1 Å². The fourth-order valence-electron chi connectivity index (χ4n) is 2.14. The molecule has 3 nitrogen and oxygen atoms in total. The minimum absolute atomic E-state index is 0.00412. The number of anilines is 1. The number of nitrogens with one attached hydrogen (secondary N) is 1. The van der Waals surface area contributed by atoms with E-state index >= 15 is 0 Å². The molecule has 1 aliphatic heterocycles. The fraction of sp³-hybridized carbons (Fsp3) is 0.143. The Kier molecular flexibility index (Phi) is 3.21. The predicted octanol–water partition coefficient (Wildman–Crippen LogP) is 2.42. The molecule has 1 unspecified atom stereocenters. The summed E-state index contributed by atoms with van der Waals surface area (Å²) in [4.78, 5) is 16.7. The first-order valence-electron chi connectivity index (χ1n) is 5.91. The minimum Gasteiger partial charge on any atom is -0.295 e. The van der Waals surface area contributed by atoms with Gasteiger partial charge in [0.15, 0.2) is 12.4 Å². The van der Waals surface area contributed by atoms with Gasteiger partial charge in [0.2, 0.25) is 5.91 Å². The van der Waals surface area contributed by atoms with Gasteiger partial charge in [-0.05, 0) is 24.3 Å². The Morgan fingerprint density at radius 2 is 2.21 bits per heavy atom. The second-order valence-corrected chi connectivity index (χ2v) is 5.31. The molecule has 2 aromatic rings. The number of carbonyl (C=O) groups is 1. The molecule has 0 aliphatic carbocycles. The zero-order valence-corrected chi connectivity index (χ0v) is 10.9. The van der Waals surface area contributed by atoms with Crippen molar-refractivity contribution in [3.8, 4) is 0 Å². The first kappa shape index (κ1) is 12.2. The lowest BCUT2D eigenvalue weighted by molar-refractivity contribution is -0.378. The molecule has 0 spiro atoms. The molecule has 5 heteroatoms. The van der Waals surface area contributed by atoms with E-state index in [-0.39, 0.29) is 17.1 Å². The van der Waals surface area contributed by atoms with Crippen molar-refractivity contribution in [3.05, 3.63) is 60.2 Å². The number of nitrogens with zero attached hydrogens (tertiary/aromatic N) is 1. The van der Waals surface area contributed by atoms with Crippen LogP contribution in [0.5, 0.6) is 0 Å². The van der Waals surface area contributed by atoms with Crippen LogP contribution in [0.2, 0.25) is 0 Å². The molecule has 1 aromatic heterocycles. The Morgan fingerprint density at radius 1 is 1.32 bits per heavy atom. The number of carbonyl (C=O) groups excluding carboxylic acids is 1. The average Bonchev–Trinajstić information content (AvgIpc) is 2.82. The summed E-state index contributed by atoms with van der Waals surface area (Å²) in [5, 5.41) is -0.105. The standard InChI is InChI=1S/C14H11FN2OS/c15-11-4-1-5-12(7-11)17-13(18)9-19-14(17)10-3-2-6-16-8-10/h1-8,14H,9H2/p+1. The van der Waals surface area contributed by atoms with Gasteiger partial charge in [-0.15, -0.1) is 11.8 Å². The summed E-state index contributed by atoms with van der Waals surface area (Å²) in [6.45, 7) is 0. The van der Waals surface area contributed by atoms with E-state index in [4.69, 9.17) is 0 Å². The Bertz CT molecular complexity index is 605. The van der Waals surface area contributed by atoms with Crippen LogP contribution >= 0.6 is 11.8 Å². The van der Waals surface area contributed by atoms with Crippen LogP contribution in [-0.4, -0.2) is 11.7 Å². The van der Waals surface area contributed by atoms with E-state index in [9.17, 15) is 9.18 Å². The van der Waals surface area contributed by atoms with Crippen LogP contribution in [-0.2, 0) is 4.79 Å². The van der Waals surface area contributed by atoms with Gasteiger partial charge in [-0.3, -0.25) is 9.69 Å². The molecule has 0 saturated carbocycles. The predicted molar refractivity (Wildman–Crippen MR) is 72.1 cm³/mol. The summed E-state index contributed by atoms with van der Waals surface area (Å²) in [6.07, 6.45) is 3.68. The largest absolute Gasteiger partial charge is 0.295 e. The fourth-order valence-corrected chi connectivity index (χ4v) is 3.30. The first-order valence-corrected chi connectivity index (χ1v) is 6.96. The molecule has 3 rings (SSSR count). The molecule has 0 bridgehead atoms. The first-order chi connectivity index (χ1) is 9.25. The highest BCUT2D eigenvalue weighted by Crippen LogP contribution is 2.41. The van der Waals surface area contributed by atoms with Gasteiger partial charge in [0, 0.05) is 17.3 Å². The number of thioether (sulfide) groups is 1. The van der Waals surface area contributed by atoms with Crippen LogP contribution < -0.4 is 9.88 Å². The SMILES string of the molecule is O=C1CSC(c2ccc[nH+]c2)N1c1cccc(F)c1. The van der Waals surface area contributed by atoms with Crippen LogP contribution in [0.4, 0.5) is 10.1 Å². The van der Waals surface area contributed by atoms with Gasteiger partial charge in [-0.2, -0.15) is 0 Å². The Hall–Kier alpha value is -1.88. The number of aromatic nitrogens is 1. The van der Waals surface area contributed by atoms with Gasteiger partial charge in [-0.25, -0.2) is 9.37 Å². The lowest BCUT2D eigenvalue weighted by Gasteiger charge is -2.23. The minimum atomic E-state index is -0.333. The molecular formula is C14H12FN2OS+. The quantitative estimate of drug-likeness (QED) is 0.843. The third-order valence-corrected chi connectivity index (χ3v) is 4.18. The van der Waals surface area contributed by atoms with Crippen molar-refractivity contribution in [2.24, 2.45) is 0 Å². The molecular weight excluding hydrogens is 263 g/mol. The van der Waals surface area contributed by atoms with Gasteiger partial charge in [0.1, 0.15) is 11.2 Å². The lowest BCUT2D eigenvalue weighted by Crippen LogP contribution is -2.28. The lowest BCUT2D eigenvalue weighted by atomic mass is 10.2. The van der Waals surface area contributed by atoms with Crippen LogP contribution in [0.1, 0.15) is 10.9 Å². The second-order valence-electron chi connectivity index (χ2n) is 4.24.